The topological polar surface area (TPSA) is 6.48 Å². The van der Waals surface area contributed by atoms with E-state index in [4.69, 9.17) is 0 Å². The molecule has 8 heteroatoms. The Morgan fingerprint density at radius 2 is 0.548 bits per heavy atom. The molecule has 0 atom stereocenters. The summed E-state index contributed by atoms with van der Waals surface area (Å²) in [6.07, 6.45) is 0. The molecule has 12 aromatic rings. The summed E-state index contributed by atoms with van der Waals surface area (Å²) in [6.45, 7) is 28.3. The molecule has 0 radical (unpaired) electrons. The van der Waals surface area contributed by atoms with Crippen LogP contribution in [0.3, 0.4) is 0 Å². The van der Waals surface area contributed by atoms with Gasteiger partial charge >= 0.3 is 0 Å². The van der Waals surface area contributed by atoms with Gasteiger partial charge in [-0.3, -0.25) is 0 Å². The highest BCUT2D eigenvalue weighted by atomic mass is 28.3. The molecular weight excluding hydrogens is 1090 g/mol. The molecule has 0 N–H and O–H groups in total. The molecule has 2 nitrogen and oxygen atoms in total. The van der Waals surface area contributed by atoms with Crippen molar-refractivity contribution in [1.82, 2.24) is 0 Å². The highest BCUT2D eigenvalue weighted by Gasteiger charge is 2.29. The molecule has 84 heavy (non-hydrogen) atoms. The van der Waals surface area contributed by atoms with Gasteiger partial charge in [-0.1, -0.05) is 269 Å². The summed E-state index contributed by atoms with van der Waals surface area (Å²) < 4.78 is 36.9. The van der Waals surface area contributed by atoms with Crippen molar-refractivity contribution in [2.24, 2.45) is 0 Å². The number of anilines is 6. The maximum Gasteiger partial charge on any atom is 0.155 e. The molecule has 0 amide bonds. The van der Waals surface area contributed by atoms with Crippen LogP contribution in [-0.4, -0.2) is 32.3 Å². The Labute approximate surface area is 500 Å². The van der Waals surface area contributed by atoms with E-state index >= 15 is 8.78 Å². The van der Waals surface area contributed by atoms with Crippen LogP contribution in [0.1, 0.15) is 0 Å². The third-order valence-corrected chi connectivity index (χ3v) is 25.3. The zero-order chi connectivity index (χ0) is 59.0. The predicted octanol–water partition coefficient (Wildman–Crippen LogP) is 20.7. The van der Waals surface area contributed by atoms with Crippen LogP contribution in [0.25, 0.3) is 76.8 Å². The van der Waals surface area contributed by atoms with E-state index in [9.17, 15) is 0 Å². The van der Waals surface area contributed by atoms with Gasteiger partial charge in [0.25, 0.3) is 0 Å². The number of benzene rings is 12. The van der Waals surface area contributed by atoms with Gasteiger partial charge in [0.1, 0.15) is 0 Å². The lowest BCUT2D eigenvalue weighted by molar-refractivity contribution is 0.632. The fourth-order valence-electron chi connectivity index (χ4n) is 12.1. The van der Waals surface area contributed by atoms with Gasteiger partial charge in [-0.05, 0) is 116 Å². The summed E-state index contributed by atoms with van der Waals surface area (Å²) >= 11 is 0. The summed E-state index contributed by atoms with van der Waals surface area (Å²) in [7, 11) is -6.46. The van der Waals surface area contributed by atoms with E-state index < -0.39 is 32.3 Å². The van der Waals surface area contributed by atoms with E-state index in [0.717, 1.165) is 88.4 Å². The molecule has 0 heterocycles. The van der Waals surface area contributed by atoms with Crippen molar-refractivity contribution in [1.29, 1.82) is 0 Å². The summed E-state index contributed by atoms with van der Waals surface area (Å²) in [5.74, 6) is -0.590. The van der Waals surface area contributed by atoms with Crippen LogP contribution in [0.15, 0.2) is 231 Å². The Hall–Kier alpha value is -7.99. The van der Waals surface area contributed by atoms with Crippen molar-refractivity contribution in [3.63, 3.8) is 0 Å². The Morgan fingerprint density at radius 1 is 0.262 bits per heavy atom. The van der Waals surface area contributed by atoms with Gasteiger partial charge < -0.3 is 9.80 Å². The van der Waals surface area contributed by atoms with Crippen LogP contribution in [-0.2, 0) is 0 Å². The van der Waals surface area contributed by atoms with Crippen molar-refractivity contribution in [3.8, 4) is 44.5 Å². The zero-order valence-corrected chi connectivity index (χ0v) is 54.6. The van der Waals surface area contributed by atoms with Gasteiger partial charge in [-0.2, -0.15) is 0 Å². The van der Waals surface area contributed by atoms with Crippen molar-refractivity contribution in [2.75, 3.05) is 9.80 Å². The molecule has 12 aromatic carbocycles. The molecule has 0 aliphatic heterocycles. The van der Waals surface area contributed by atoms with Crippen LogP contribution < -0.4 is 30.5 Å². The van der Waals surface area contributed by atoms with E-state index in [2.05, 4.69) is 258 Å². The SMILES string of the molecule is C[Si](C)(C)c1ccc(-c2cc(-c3ccc([Si](C)(C)C)cc3)c(F)c(N(c3ccccc3)c3ccc4ccc5c(N(c6ccccc6)c6cc(-c7ccc([Si](C)(C)C)cc7)cc(-c7ccc([Si](C)(C)C)cc7)c6F)ccc6ccc3c4c65)c2)cc1. The number of halogens is 2. The Balaban J connectivity index is 1.09. The molecule has 418 valence electrons. The number of para-hydroxylation sites is 2. The van der Waals surface area contributed by atoms with Crippen molar-refractivity contribution in [2.45, 2.75) is 78.6 Å². The highest BCUT2D eigenvalue weighted by molar-refractivity contribution is 6.90. The van der Waals surface area contributed by atoms with E-state index in [1.54, 1.807) is 0 Å². The summed E-state index contributed by atoms with van der Waals surface area (Å²) in [4.78, 5) is 4.24. The number of nitrogens with zero attached hydrogens (tertiary/aromatic N) is 2. The van der Waals surface area contributed by atoms with E-state index in [-0.39, 0.29) is 11.6 Å². The van der Waals surface area contributed by atoms with Gasteiger partial charge in [0.05, 0.1) is 55.0 Å². The lowest BCUT2D eigenvalue weighted by atomic mass is 9.91. The fraction of sp³-hybridized carbons (Fsp3) is 0.158. The van der Waals surface area contributed by atoms with E-state index in [1.165, 1.54) is 20.7 Å². The minimum absolute atomic E-state index is 0.295. The molecule has 0 spiro atoms. The van der Waals surface area contributed by atoms with E-state index in [1.807, 2.05) is 60.7 Å². The second kappa shape index (κ2) is 21.6. The van der Waals surface area contributed by atoms with Crippen molar-refractivity contribution in [3.05, 3.63) is 242 Å². The van der Waals surface area contributed by atoms with Crippen LogP contribution in [0, 0.1) is 11.6 Å². The molecule has 0 fully saturated rings. The summed E-state index contributed by atoms with van der Waals surface area (Å²) in [5.41, 5.74) is 11.0. The monoisotopic (exact) mass is 1160 g/mol. The lowest BCUT2D eigenvalue weighted by Crippen LogP contribution is -2.37. The average molecular weight is 1170 g/mol. The van der Waals surface area contributed by atoms with Gasteiger partial charge in [0, 0.05) is 33.3 Å². The van der Waals surface area contributed by atoms with Crippen LogP contribution >= 0.6 is 0 Å². The molecule has 12 rings (SSSR count). The highest BCUT2D eigenvalue weighted by Crippen LogP contribution is 2.50. The van der Waals surface area contributed by atoms with E-state index in [0.29, 0.717) is 22.5 Å². The van der Waals surface area contributed by atoms with Gasteiger partial charge in [-0.25, -0.2) is 8.78 Å². The summed E-state index contributed by atoms with van der Waals surface area (Å²) in [5, 5.41) is 11.6. The number of hydrogen-bond acceptors (Lipinski definition) is 2. The molecular formula is C76H74F2N2Si4. The number of hydrogen-bond donors (Lipinski definition) is 0. The van der Waals surface area contributed by atoms with Crippen LogP contribution in [0.4, 0.5) is 42.9 Å². The molecule has 0 bridgehead atoms. The average Bonchev–Trinajstić information content (AvgIpc) is 1.03. The fourth-order valence-corrected chi connectivity index (χ4v) is 16.7. The third kappa shape index (κ3) is 10.7. The van der Waals surface area contributed by atoms with Crippen molar-refractivity contribution < 1.29 is 8.78 Å². The van der Waals surface area contributed by atoms with Crippen LogP contribution in [0.5, 0.6) is 0 Å². The zero-order valence-electron chi connectivity index (χ0n) is 50.6. The molecule has 0 unspecified atom stereocenters. The predicted molar refractivity (Wildman–Crippen MR) is 373 cm³/mol. The first-order valence-electron chi connectivity index (χ1n) is 29.5. The first-order valence-corrected chi connectivity index (χ1v) is 43.5. The first kappa shape index (κ1) is 56.5. The largest absolute Gasteiger partial charge is 0.307 e. The third-order valence-electron chi connectivity index (χ3n) is 17.0. The Bertz CT molecular complexity index is 4100. The second-order valence-electron chi connectivity index (χ2n) is 27.0. The molecule has 0 aliphatic carbocycles. The summed E-state index contributed by atoms with van der Waals surface area (Å²) in [6, 6.07) is 81.1. The second-order valence-corrected chi connectivity index (χ2v) is 47.3. The molecule has 0 saturated heterocycles. The quantitative estimate of drug-likeness (QED) is 0.0791. The first-order chi connectivity index (χ1) is 40.0. The molecule has 0 aliphatic rings. The van der Waals surface area contributed by atoms with Gasteiger partial charge in [0.15, 0.2) is 11.6 Å². The minimum Gasteiger partial charge on any atom is -0.307 e. The molecule has 0 aromatic heterocycles. The number of rotatable bonds is 14. The molecule has 0 saturated carbocycles. The minimum atomic E-state index is -1.63. The maximum atomic E-state index is 18.5. The lowest BCUT2D eigenvalue weighted by Gasteiger charge is -2.30. The smallest absolute Gasteiger partial charge is 0.155 e. The Morgan fingerprint density at radius 3 is 0.845 bits per heavy atom. The van der Waals surface area contributed by atoms with Crippen LogP contribution in [0.2, 0.25) is 78.6 Å². The van der Waals surface area contributed by atoms with Gasteiger partial charge in [-0.15, -0.1) is 0 Å². The normalized spacial score (nSPS) is 12.4. The standard InChI is InChI=1S/C76H74F2N2Si4/c1-81(2,3)61-35-23-51(24-36-61)57-47-67(53-27-39-63(40-28-53)83(7,8)9)75(77)71(49-57)79(59-19-15-13-16-20-59)69-45-33-55-32-44-66-70(46-34-56-31-43-65(69)73(55)74(56)66)80(60-21-17-14-18-22-60)72-50-58(52-25-37-62(38-26-52)82(4,5)6)48-68(76(72)78)54-29-41-64(42-30-54)84(10,11)12/h13-50H,1-12H3. The Kier molecular flexibility index (Phi) is 14.5. The van der Waals surface area contributed by atoms with Gasteiger partial charge in [0.2, 0.25) is 0 Å². The van der Waals surface area contributed by atoms with Crippen molar-refractivity contribution >= 4 is 119 Å². The maximum absolute atomic E-state index is 18.5.